The van der Waals surface area contributed by atoms with E-state index in [0.717, 1.165) is 11.3 Å². The number of hydrogen-bond donors (Lipinski definition) is 1. The van der Waals surface area contributed by atoms with E-state index in [1.807, 2.05) is 31.2 Å². The van der Waals surface area contributed by atoms with Gasteiger partial charge in [0, 0.05) is 12.6 Å². The van der Waals surface area contributed by atoms with Crippen LogP contribution in [0, 0.1) is 0 Å². The van der Waals surface area contributed by atoms with Crippen molar-refractivity contribution in [2.24, 2.45) is 5.73 Å². The number of ether oxygens (including phenoxy) is 1. The summed E-state index contributed by atoms with van der Waals surface area (Å²) in [5.74, 6) is 0.699. The van der Waals surface area contributed by atoms with Crippen molar-refractivity contribution in [3.8, 4) is 5.75 Å². The number of amides is 1. The molecule has 1 rings (SSSR count). The molecule has 0 saturated carbocycles. The van der Waals surface area contributed by atoms with E-state index in [-0.39, 0.29) is 18.5 Å². The van der Waals surface area contributed by atoms with E-state index in [0.29, 0.717) is 0 Å². The Labute approximate surface area is 96.0 Å². The lowest BCUT2D eigenvalue weighted by Crippen LogP contribution is -2.34. The van der Waals surface area contributed by atoms with Crippen molar-refractivity contribution in [1.82, 2.24) is 4.90 Å². The lowest BCUT2D eigenvalue weighted by atomic mass is 10.1. The first kappa shape index (κ1) is 12.5. The van der Waals surface area contributed by atoms with Crippen LogP contribution < -0.4 is 10.5 Å². The normalized spacial score (nSPS) is 12.0. The Bertz CT molecular complexity index is 366. The molecular formula is C12H18N2O2. The van der Waals surface area contributed by atoms with Gasteiger partial charge in [-0.05, 0) is 13.0 Å². The summed E-state index contributed by atoms with van der Waals surface area (Å²) >= 11 is 0. The van der Waals surface area contributed by atoms with Crippen molar-refractivity contribution < 1.29 is 9.53 Å². The molecule has 1 aromatic rings. The molecule has 0 spiro atoms. The maximum absolute atomic E-state index is 11.5. The first-order valence-electron chi connectivity index (χ1n) is 5.20. The SMILES string of the molecule is COc1ccccc1C(C)N(C)C(=O)CN. The molecule has 0 aliphatic carbocycles. The predicted molar refractivity (Wildman–Crippen MR) is 63.2 cm³/mol. The summed E-state index contributed by atoms with van der Waals surface area (Å²) in [6.07, 6.45) is 0. The zero-order valence-electron chi connectivity index (χ0n) is 9.93. The number of rotatable bonds is 4. The first-order chi connectivity index (χ1) is 7.61. The second-order valence-corrected chi connectivity index (χ2v) is 3.63. The van der Waals surface area contributed by atoms with Gasteiger partial charge in [-0.1, -0.05) is 18.2 Å². The average molecular weight is 222 g/mol. The molecule has 0 fully saturated rings. The van der Waals surface area contributed by atoms with Gasteiger partial charge in [0.1, 0.15) is 5.75 Å². The number of benzene rings is 1. The van der Waals surface area contributed by atoms with Crippen LogP contribution in [0.1, 0.15) is 18.5 Å². The van der Waals surface area contributed by atoms with Gasteiger partial charge in [-0.2, -0.15) is 0 Å². The van der Waals surface area contributed by atoms with Crippen molar-refractivity contribution in [1.29, 1.82) is 0 Å². The Morgan fingerprint density at radius 3 is 2.69 bits per heavy atom. The summed E-state index contributed by atoms with van der Waals surface area (Å²) < 4.78 is 5.26. The molecule has 0 saturated heterocycles. The molecule has 1 aromatic carbocycles. The summed E-state index contributed by atoms with van der Waals surface area (Å²) in [5, 5.41) is 0. The van der Waals surface area contributed by atoms with Gasteiger partial charge < -0.3 is 15.4 Å². The second kappa shape index (κ2) is 5.51. The van der Waals surface area contributed by atoms with Crippen LogP contribution in [0.4, 0.5) is 0 Å². The minimum absolute atomic E-state index is 0.0238. The topological polar surface area (TPSA) is 55.6 Å². The van der Waals surface area contributed by atoms with Crippen LogP contribution in [0.5, 0.6) is 5.75 Å². The zero-order valence-corrected chi connectivity index (χ0v) is 9.93. The molecule has 4 heteroatoms. The third kappa shape index (κ3) is 2.52. The van der Waals surface area contributed by atoms with E-state index >= 15 is 0 Å². The van der Waals surface area contributed by atoms with Crippen molar-refractivity contribution in [3.05, 3.63) is 29.8 Å². The van der Waals surface area contributed by atoms with Gasteiger partial charge >= 0.3 is 0 Å². The van der Waals surface area contributed by atoms with Gasteiger partial charge in [-0.15, -0.1) is 0 Å². The van der Waals surface area contributed by atoms with Gasteiger partial charge in [0.15, 0.2) is 0 Å². The average Bonchev–Trinajstić information content (AvgIpc) is 2.35. The molecule has 1 atom stereocenters. The zero-order chi connectivity index (χ0) is 12.1. The number of carbonyl (C=O) groups excluding carboxylic acids is 1. The molecule has 0 bridgehead atoms. The molecule has 0 aliphatic heterocycles. The molecule has 1 amide bonds. The van der Waals surface area contributed by atoms with Gasteiger partial charge in [-0.25, -0.2) is 0 Å². The van der Waals surface area contributed by atoms with E-state index in [9.17, 15) is 4.79 Å². The monoisotopic (exact) mass is 222 g/mol. The van der Waals surface area contributed by atoms with E-state index in [4.69, 9.17) is 10.5 Å². The Kier molecular flexibility index (Phi) is 4.31. The lowest BCUT2D eigenvalue weighted by molar-refractivity contribution is -0.130. The molecule has 2 N–H and O–H groups in total. The van der Waals surface area contributed by atoms with Crippen LogP contribution in [0.15, 0.2) is 24.3 Å². The van der Waals surface area contributed by atoms with Crippen LogP contribution in [0.2, 0.25) is 0 Å². The van der Waals surface area contributed by atoms with Crippen LogP contribution >= 0.6 is 0 Å². The number of hydrogen-bond acceptors (Lipinski definition) is 3. The first-order valence-corrected chi connectivity index (χ1v) is 5.20. The van der Waals surface area contributed by atoms with Crippen LogP contribution in [0.25, 0.3) is 0 Å². The number of carbonyl (C=O) groups is 1. The molecule has 0 heterocycles. The lowest BCUT2D eigenvalue weighted by Gasteiger charge is -2.26. The third-order valence-corrected chi connectivity index (χ3v) is 2.74. The Balaban J connectivity index is 2.95. The molecule has 16 heavy (non-hydrogen) atoms. The Morgan fingerprint density at radius 1 is 1.50 bits per heavy atom. The van der Waals surface area contributed by atoms with Crippen LogP contribution in [-0.4, -0.2) is 31.5 Å². The molecule has 0 aliphatic rings. The van der Waals surface area contributed by atoms with Gasteiger partial charge in [0.05, 0.1) is 19.7 Å². The van der Waals surface area contributed by atoms with E-state index in [1.165, 1.54) is 0 Å². The van der Waals surface area contributed by atoms with Gasteiger partial charge in [0.25, 0.3) is 0 Å². The van der Waals surface area contributed by atoms with Crippen molar-refractivity contribution in [2.45, 2.75) is 13.0 Å². The third-order valence-electron chi connectivity index (χ3n) is 2.74. The number of likely N-dealkylation sites (N-methyl/N-ethyl adjacent to an activating group) is 1. The fraction of sp³-hybridized carbons (Fsp3) is 0.417. The summed E-state index contributed by atoms with van der Waals surface area (Å²) in [6.45, 7) is 1.97. The minimum atomic E-state index is -0.0848. The molecule has 88 valence electrons. The van der Waals surface area contributed by atoms with Gasteiger partial charge in [-0.3, -0.25) is 4.79 Å². The van der Waals surface area contributed by atoms with E-state index in [1.54, 1.807) is 19.1 Å². The van der Waals surface area contributed by atoms with Crippen molar-refractivity contribution >= 4 is 5.91 Å². The highest BCUT2D eigenvalue weighted by Crippen LogP contribution is 2.27. The minimum Gasteiger partial charge on any atom is -0.496 e. The highest BCUT2D eigenvalue weighted by molar-refractivity contribution is 5.78. The van der Waals surface area contributed by atoms with Crippen LogP contribution in [0.3, 0.4) is 0 Å². The Morgan fingerprint density at radius 2 is 2.12 bits per heavy atom. The largest absolute Gasteiger partial charge is 0.496 e. The maximum Gasteiger partial charge on any atom is 0.236 e. The highest BCUT2D eigenvalue weighted by Gasteiger charge is 2.18. The van der Waals surface area contributed by atoms with E-state index < -0.39 is 0 Å². The summed E-state index contributed by atoms with van der Waals surface area (Å²) in [6, 6.07) is 7.61. The van der Waals surface area contributed by atoms with Crippen molar-refractivity contribution in [2.75, 3.05) is 20.7 Å². The fourth-order valence-electron chi connectivity index (χ4n) is 1.58. The molecule has 0 radical (unpaired) electrons. The maximum atomic E-state index is 11.5. The number of para-hydroxylation sites is 1. The number of methoxy groups -OCH3 is 1. The van der Waals surface area contributed by atoms with Crippen LogP contribution in [-0.2, 0) is 4.79 Å². The highest BCUT2D eigenvalue weighted by atomic mass is 16.5. The Hall–Kier alpha value is -1.55. The second-order valence-electron chi connectivity index (χ2n) is 3.63. The summed E-state index contributed by atoms with van der Waals surface area (Å²) in [5.41, 5.74) is 6.32. The number of nitrogens with zero attached hydrogens (tertiary/aromatic N) is 1. The molecule has 1 unspecified atom stereocenters. The van der Waals surface area contributed by atoms with Gasteiger partial charge in [0.2, 0.25) is 5.91 Å². The fourth-order valence-corrected chi connectivity index (χ4v) is 1.58. The smallest absolute Gasteiger partial charge is 0.236 e. The molecule has 0 aromatic heterocycles. The quantitative estimate of drug-likeness (QED) is 0.832. The summed E-state index contributed by atoms with van der Waals surface area (Å²) in [7, 11) is 3.36. The number of nitrogens with two attached hydrogens (primary N) is 1. The summed E-state index contributed by atoms with van der Waals surface area (Å²) in [4.78, 5) is 13.1. The van der Waals surface area contributed by atoms with E-state index in [2.05, 4.69) is 0 Å². The standard InChI is InChI=1S/C12H18N2O2/c1-9(14(2)12(15)8-13)10-6-4-5-7-11(10)16-3/h4-7,9H,8,13H2,1-3H3. The molecular weight excluding hydrogens is 204 g/mol. The predicted octanol–water partition coefficient (Wildman–Crippen LogP) is 1.17. The molecule has 4 nitrogen and oxygen atoms in total. The van der Waals surface area contributed by atoms with Crippen molar-refractivity contribution in [3.63, 3.8) is 0 Å².